The Morgan fingerprint density at radius 3 is 3.14 bits per heavy atom. The summed E-state index contributed by atoms with van der Waals surface area (Å²) in [5, 5.41) is 4.51. The minimum absolute atomic E-state index is 0.358. The van der Waals surface area contributed by atoms with Gasteiger partial charge in [-0.2, -0.15) is 0 Å². The van der Waals surface area contributed by atoms with Crippen LogP contribution >= 0.6 is 11.3 Å². The Morgan fingerprint density at radius 1 is 1.43 bits per heavy atom. The third-order valence-corrected chi connectivity index (χ3v) is 4.91. The summed E-state index contributed by atoms with van der Waals surface area (Å²) in [5.41, 5.74) is 1.23. The fourth-order valence-corrected chi connectivity index (χ4v) is 3.49. The second kappa shape index (κ2) is 6.45. The van der Waals surface area contributed by atoms with Gasteiger partial charge in [0.15, 0.2) is 5.13 Å². The molecular formula is C16H21N3OS. The molecule has 1 unspecified atom stereocenters. The molecule has 3 rings (SSSR count). The first-order chi connectivity index (χ1) is 10.3. The molecule has 1 atom stereocenters. The van der Waals surface area contributed by atoms with Crippen LogP contribution in [-0.2, 0) is 6.54 Å². The predicted octanol–water partition coefficient (Wildman–Crippen LogP) is 3.21. The van der Waals surface area contributed by atoms with Gasteiger partial charge >= 0.3 is 0 Å². The highest BCUT2D eigenvalue weighted by atomic mass is 32.1. The summed E-state index contributed by atoms with van der Waals surface area (Å²) >= 11 is 1.77. The largest absolute Gasteiger partial charge is 0.491 e. The van der Waals surface area contributed by atoms with E-state index in [1.54, 1.807) is 11.3 Å². The first-order valence-electron chi connectivity index (χ1n) is 7.42. The average Bonchev–Trinajstić information content (AvgIpc) is 2.88. The van der Waals surface area contributed by atoms with E-state index in [-0.39, 0.29) is 0 Å². The minimum atomic E-state index is 0.358. The van der Waals surface area contributed by atoms with Crippen molar-refractivity contribution >= 4 is 16.5 Å². The summed E-state index contributed by atoms with van der Waals surface area (Å²) in [6, 6.07) is 8.61. The van der Waals surface area contributed by atoms with E-state index in [4.69, 9.17) is 4.74 Å². The number of nitrogens with zero attached hydrogens (tertiary/aromatic N) is 2. The molecule has 1 aromatic heterocycles. The van der Waals surface area contributed by atoms with Crippen LogP contribution in [0.2, 0.25) is 0 Å². The Labute approximate surface area is 129 Å². The van der Waals surface area contributed by atoms with E-state index >= 15 is 0 Å². The monoisotopic (exact) mass is 303 g/mol. The lowest BCUT2D eigenvalue weighted by molar-refractivity contribution is 0.331. The van der Waals surface area contributed by atoms with Crippen molar-refractivity contribution in [3.63, 3.8) is 0 Å². The maximum absolute atomic E-state index is 5.82. The molecule has 0 saturated carbocycles. The number of ether oxygens (including phenoxy) is 1. The van der Waals surface area contributed by atoms with Crippen molar-refractivity contribution in [1.82, 2.24) is 10.3 Å². The van der Waals surface area contributed by atoms with Crippen LogP contribution < -0.4 is 15.0 Å². The number of fused-ring (bicyclic) bond motifs is 1. The number of benzene rings is 1. The first kappa shape index (κ1) is 14.4. The van der Waals surface area contributed by atoms with Gasteiger partial charge in [0.2, 0.25) is 0 Å². The number of aromatic nitrogens is 1. The van der Waals surface area contributed by atoms with Gasteiger partial charge in [0.05, 0.1) is 6.54 Å². The van der Waals surface area contributed by atoms with Crippen LogP contribution in [0.25, 0.3) is 0 Å². The van der Waals surface area contributed by atoms with Gasteiger partial charge in [0.25, 0.3) is 0 Å². The van der Waals surface area contributed by atoms with Crippen molar-refractivity contribution in [2.75, 3.05) is 24.6 Å². The molecule has 4 nitrogen and oxygen atoms in total. The second-order valence-electron chi connectivity index (χ2n) is 5.20. The van der Waals surface area contributed by atoms with Gasteiger partial charge in [-0.1, -0.05) is 25.1 Å². The topological polar surface area (TPSA) is 37.4 Å². The molecule has 2 aromatic rings. The number of hydrogen-bond donors (Lipinski definition) is 1. The predicted molar refractivity (Wildman–Crippen MR) is 87.2 cm³/mol. The molecule has 0 spiro atoms. The van der Waals surface area contributed by atoms with Crippen molar-refractivity contribution < 1.29 is 4.74 Å². The molecule has 0 amide bonds. The minimum Gasteiger partial charge on any atom is -0.491 e. The molecule has 0 bridgehead atoms. The summed E-state index contributed by atoms with van der Waals surface area (Å²) < 4.78 is 5.82. The normalized spacial score (nSPS) is 16.0. The molecule has 0 aliphatic carbocycles. The fraction of sp³-hybridized carbons (Fsp3) is 0.438. The number of anilines is 1. The van der Waals surface area contributed by atoms with E-state index in [2.05, 4.69) is 41.2 Å². The maximum atomic E-state index is 5.82. The van der Waals surface area contributed by atoms with Crippen molar-refractivity contribution in [3.05, 3.63) is 40.9 Å². The lowest BCUT2D eigenvalue weighted by Crippen LogP contribution is -2.24. The van der Waals surface area contributed by atoms with Gasteiger partial charge in [-0.25, -0.2) is 4.98 Å². The van der Waals surface area contributed by atoms with Crippen molar-refractivity contribution in [1.29, 1.82) is 0 Å². The SMILES string of the molecule is CCNC(C)c1cnc(N2CCOc3ccccc3C2)s1. The first-order valence-corrected chi connectivity index (χ1v) is 8.24. The summed E-state index contributed by atoms with van der Waals surface area (Å²) in [7, 11) is 0. The van der Waals surface area contributed by atoms with Crippen LogP contribution in [0.3, 0.4) is 0 Å². The van der Waals surface area contributed by atoms with E-state index in [1.807, 2.05) is 18.3 Å². The quantitative estimate of drug-likeness (QED) is 0.941. The molecule has 5 heteroatoms. The zero-order valence-electron chi connectivity index (χ0n) is 12.5. The van der Waals surface area contributed by atoms with Gasteiger partial charge in [-0.3, -0.25) is 0 Å². The molecule has 0 radical (unpaired) electrons. The zero-order chi connectivity index (χ0) is 14.7. The number of para-hydroxylation sites is 1. The van der Waals surface area contributed by atoms with E-state index in [0.717, 1.165) is 30.5 Å². The van der Waals surface area contributed by atoms with E-state index in [9.17, 15) is 0 Å². The van der Waals surface area contributed by atoms with Crippen LogP contribution in [0.5, 0.6) is 5.75 Å². The van der Waals surface area contributed by atoms with Crippen LogP contribution in [0.15, 0.2) is 30.5 Å². The molecule has 0 fully saturated rings. The molecule has 112 valence electrons. The molecule has 2 heterocycles. The zero-order valence-corrected chi connectivity index (χ0v) is 13.3. The molecule has 1 aliphatic rings. The molecular weight excluding hydrogens is 282 g/mol. The van der Waals surface area contributed by atoms with Gasteiger partial charge in [0, 0.05) is 29.2 Å². The summed E-state index contributed by atoms with van der Waals surface area (Å²) in [5.74, 6) is 0.998. The number of rotatable bonds is 4. The third kappa shape index (κ3) is 3.19. The Kier molecular flexibility index (Phi) is 4.41. The Bertz CT molecular complexity index is 599. The Hall–Kier alpha value is -1.59. The van der Waals surface area contributed by atoms with E-state index in [0.29, 0.717) is 12.6 Å². The lowest BCUT2D eigenvalue weighted by Gasteiger charge is -2.18. The standard InChI is InChI=1S/C16H21N3OS/c1-3-17-12(2)15-10-18-16(21-15)19-8-9-20-14-7-5-4-6-13(14)11-19/h4-7,10,12,17H,3,8-9,11H2,1-2H3. The third-order valence-electron chi connectivity index (χ3n) is 3.67. The van der Waals surface area contributed by atoms with Crippen molar-refractivity contribution in [3.8, 4) is 5.75 Å². The highest BCUT2D eigenvalue weighted by molar-refractivity contribution is 7.15. The van der Waals surface area contributed by atoms with E-state index < -0.39 is 0 Å². The van der Waals surface area contributed by atoms with Crippen LogP contribution in [0.1, 0.15) is 30.3 Å². The molecule has 1 N–H and O–H groups in total. The van der Waals surface area contributed by atoms with Crippen LogP contribution in [0, 0.1) is 0 Å². The summed E-state index contributed by atoms with van der Waals surface area (Å²) in [6.45, 7) is 7.72. The van der Waals surface area contributed by atoms with E-state index in [1.165, 1.54) is 10.4 Å². The van der Waals surface area contributed by atoms with Crippen LogP contribution in [-0.4, -0.2) is 24.7 Å². The average molecular weight is 303 g/mol. The highest BCUT2D eigenvalue weighted by Gasteiger charge is 2.18. The molecule has 1 aromatic carbocycles. The van der Waals surface area contributed by atoms with Gasteiger partial charge in [-0.05, 0) is 19.5 Å². The number of thiazole rings is 1. The molecule has 1 aliphatic heterocycles. The maximum Gasteiger partial charge on any atom is 0.185 e. The number of hydrogen-bond acceptors (Lipinski definition) is 5. The van der Waals surface area contributed by atoms with Crippen molar-refractivity contribution in [2.24, 2.45) is 0 Å². The molecule has 21 heavy (non-hydrogen) atoms. The Morgan fingerprint density at radius 2 is 2.29 bits per heavy atom. The van der Waals surface area contributed by atoms with Gasteiger partial charge in [-0.15, -0.1) is 11.3 Å². The lowest BCUT2D eigenvalue weighted by atomic mass is 10.2. The summed E-state index contributed by atoms with van der Waals surface area (Å²) in [4.78, 5) is 8.19. The smallest absolute Gasteiger partial charge is 0.185 e. The van der Waals surface area contributed by atoms with Crippen molar-refractivity contribution in [2.45, 2.75) is 26.4 Å². The van der Waals surface area contributed by atoms with Crippen LogP contribution in [0.4, 0.5) is 5.13 Å². The highest BCUT2D eigenvalue weighted by Crippen LogP contribution is 2.31. The second-order valence-corrected chi connectivity index (χ2v) is 6.24. The Balaban J connectivity index is 1.78. The fourth-order valence-electron chi connectivity index (χ4n) is 2.52. The van der Waals surface area contributed by atoms with Gasteiger partial charge in [0.1, 0.15) is 12.4 Å². The number of nitrogens with one attached hydrogen (secondary N) is 1. The molecule has 0 saturated heterocycles. The van der Waals surface area contributed by atoms with Gasteiger partial charge < -0.3 is 15.0 Å². The summed E-state index contributed by atoms with van der Waals surface area (Å²) in [6.07, 6.45) is 1.99.